The first kappa shape index (κ1) is 12.1. The Morgan fingerprint density at radius 3 is 2.64 bits per heavy atom. The van der Waals surface area contributed by atoms with Crippen LogP contribution in [-0.4, -0.2) is 26.7 Å². The van der Waals surface area contributed by atoms with Gasteiger partial charge in [0.15, 0.2) is 0 Å². The summed E-state index contributed by atoms with van der Waals surface area (Å²) in [6, 6.07) is 0. The summed E-state index contributed by atoms with van der Waals surface area (Å²) in [6.45, 7) is 2.48. The van der Waals surface area contributed by atoms with E-state index in [-0.39, 0.29) is 40.9 Å². The van der Waals surface area contributed by atoms with Crippen LogP contribution in [0.25, 0.3) is 0 Å². The van der Waals surface area contributed by atoms with Gasteiger partial charge in [-0.05, 0) is 19.8 Å². The topological polar surface area (TPSA) is 49.4 Å². The largest absolute Gasteiger partial charge is 1.00 e. The van der Waals surface area contributed by atoms with E-state index in [0.29, 0.717) is 19.4 Å². The van der Waals surface area contributed by atoms with Gasteiger partial charge in [-0.1, -0.05) is 11.1 Å². The third-order valence-electron chi connectivity index (χ3n) is 1.71. The maximum Gasteiger partial charge on any atom is 1.00 e. The zero-order chi connectivity index (χ0) is 7.56. The number of rotatable bonds is 1. The van der Waals surface area contributed by atoms with Gasteiger partial charge in [0.2, 0.25) is 0 Å². The molecule has 0 aromatic heterocycles. The van der Waals surface area contributed by atoms with Crippen molar-refractivity contribution in [3.8, 4) is 0 Å². The number of hydrogen-bond donors (Lipinski definition) is 0. The molecule has 60 valence electrons. The Bertz CT molecular complexity index is 142. The van der Waals surface area contributed by atoms with Crippen LogP contribution >= 0.6 is 0 Å². The Morgan fingerprint density at radius 1 is 1.64 bits per heavy atom. The molecule has 0 radical (unpaired) electrons. The maximum absolute atomic E-state index is 10.4. The van der Waals surface area contributed by atoms with Crippen LogP contribution in [0.2, 0.25) is 0 Å². The second-order valence-electron chi connectivity index (χ2n) is 2.59. The van der Waals surface area contributed by atoms with Crippen molar-refractivity contribution in [3.63, 3.8) is 0 Å². The van der Waals surface area contributed by atoms with Crippen LogP contribution < -0.4 is 29.6 Å². The van der Waals surface area contributed by atoms with Gasteiger partial charge in [0.1, 0.15) is 0 Å². The molecule has 1 rings (SSSR count). The minimum Gasteiger partial charge on any atom is -0.772 e. The number of ether oxygens (including phenoxy) is 1. The molecule has 0 saturated carbocycles. The third kappa shape index (κ3) is 4.01. The molecule has 11 heavy (non-hydrogen) atoms. The average Bonchev–Trinajstić information content (AvgIpc) is 1.88. The van der Waals surface area contributed by atoms with E-state index in [2.05, 4.69) is 0 Å². The summed E-state index contributed by atoms with van der Waals surface area (Å²) in [7, 11) is 0. The molecule has 0 N–H and O–H groups in total. The summed E-state index contributed by atoms with van der Waals surface area (Å²) in [5, 5.41) is -0.177. The summed E-state index contributed by atoms with van der Waals surface area (Å²) in [6.07, 6.45) is 1.41. The molecule has 0 bridgehead atoms. The van der Waals surface area contributed by atoms with Gasteiger partial charge in [-0.3, -0.25) is 4.21 Å². The van der Waals surface area contributed by atoms with Crippen molar-refractivity contribution in [2.24, 2.45) is 0 Å². The zero-order valence-corrected chi connectivity index (χ0v) is 9.73. The minimum absolute atomic E-state index is 0. The minimum atomic E-state index is -1.90. The van der Waals surface area contributed by atoms with E-state index in [1.165, 1.54) is 0 Å². The van der Waals surface area contributed by atoms with Crippen molar-refractivity contribution in [2.75, 3.05) is 6.61 Å². The van der Waals surface area contributed by atoms with E-state index in [9.17, 15) is 8.76 Å². The Morgan fingerprint density at radius 2 is 2.27 bits per heavy atom. The van der Waals surface area contributed by atoms with Gasteiger partial charge >= 0.3 is 29.6 Å². The van der Waals surface area contributed by atoms with Gasteiger partial charge in [-0.25, -0.2) is 0 Å². The van der Waals surface area contributed by atoms with Gasteiger partial charge in [-0.15, -0.1) is 0 Å². The average molecular weight is 186 g/mol. The Kier molecular flexibility index (Phi) is 6.22. The quantitative estimate of drug-likeness (QED) is 0.334. The van der Waals surface area contributed by atoms with Crippen LogP contribution in [-0.2, 0) is 15.8 Å². The molecule has 1 aliphatic heterocycles. The third-order valence-corrected chi connectivity index (χ3v) is 2.68. The van der Waals surface area contributed by atoms with E-state index in [1.807, 2.05) is 6.92 Å². The van der Waals surface area contributed by atoms with E-state index in [1.54, 1.807) is 0 Å². The molecular weight excluding hydrogens is 175 g/mol. The first-order valence-corrected chi connectivity index (χ1v) is 4.53. The summed E-state index contributed by atoms with van der Waals surface area (Å²) in [5.74, 6) is 0. The smallest absolute Gasteiger partial charge is 0.772 e. The number of hydrogen-bond acceptors (Lipinski definition) is 3. The fourth-order valence-corrected chi connectivity index (χ4v) is 1.85. The Labute approximate surface area is 91.5 Å². The van der Waals surface area contributed by atoms with Crippen LogP contribution in [0.5, 0.6) is 0 Å². The molecule has 3 atom stereocenters. The fourth-order valence-electron chi connectivity index (χ4n) is 1.13. The van der Waals surface area contributed by atoms with E-state index in [4.69, 9.17) is 4.74 Å². The van der Waals surface area contributed by atoms with Gasteiger partial charge < -0.3 is 9.29 Å². The van der Waals surface area contributed by atoms with Gasteiger partial charge in [0.25, 0.3) is 0 Å². The Balaban J connectivity index is 0.000001000. The van der Waals surface area contributed by atoms with Crippen LogP contribution in [0.1, 0.15) is 19.8 Å². The molecule has 0 amide bonds. The van der Waals surface area contributed by atoms with Crippen LogP contribution in [0, 0.1) is 0 Å². The van der Waals surface area contributed by atoms with Gasteiger partial charge in [-0.2, -0.15) is 0 Å². The second kappa shape index (κ2) is 5.67. The zero-order valence-electron chi connectivity index (χ0n) is 6.91. The van der Waals surface area contributed by atoms with Crippen molar-refractivity contribution < 1.29 is 43.1 Å². The monoisotopic (exact) mass is 186 g/mol. The van der Waals surface area contributed by atoms with Crippen molar-refractivity contribution in [1.82, 2.24) is 0 Å². The molecule has 0 spiro atoms. The second-order valence-corrected chi connectivity index (χ2v) is 3.78. The standard InChI is InChI=1S/C6H12O3S.Na/c1-5-4-6(10(7)8)2-3-9-5;/h5-6H,2-4H2,1H3,(H,7,8);/q;+1/p-1. The molecule has 0 aliphatic carbocycles. The summed E-state index contributed by atoms with van der Waals surface area (Å²) >= 11 is -1.90. The SMILES string of the molecule is CC1CC(S(=O)[O-])CCO1.[Na+]. The molecule has 5 heteroatoms. The Hall–Kier alpha value is 1.07. The first-order chi connectivity index (χ1) is 4.70. The van der Waals surface area contributed by atoms with Crippen LogP contribution in [0.15, 0.2) is 0 Å². The van der Waals surface area contributed by atoms with E-state index < -0.39 is 11.1 Å². The van der Waals surface area contributed by atoms with Crippen molar-refractivity contribution in [3.05, 3.63) is 0 Å². The van der Waals surface area contributed by atoms with Crippen LogP contribution in [0.3, 0.4) is 0 Å². The molecular formula is C6H11NaO3S. The predicted molar refractivity (Wildman–Crippen MR) is 37.4 cm³/mol. The van der Waals surface area contributed by atoms with Crippen molar-refractivity contribution in [2.45, 2.75) is 31.1 Å². The molecule has 3 unspecified atom stereocenters. The normalized spacial score (nSPS) is 34.0. The maximum atomic E-state index is 10.4. The summed E-state index contributed by atoms with van der Waals surface area (Å²) in [5.41, 5.74) is 0. The van der Waals surface area contributed by atoms with E-state index in [0.717, 1.165) is 0 Å². The molecule has 1 saturated heterocycles. The van der Waals surface area contributed by atoms with Crippen LogP contribution in [0.4, 0.5) is 0 Å². The van der Waals surface area contributed by atoms with Gasteiger partial charge in [0.05, 0.1) is 6.10 Å². The molecule has 3 nitrogen and oxygen atoms in total. The predicted octanol–water partition coefficient (Wildman–Crippen LogP) is -2.56. The molecule has 1 aliphatic rings. The summed E-state index contributed by atoms with van der Waals surface area (Å²) in [4.78, 5) is 0. The first-order valence-electron chi connectivity index (χ1n) is 3.40. The molecule has 0 aromatic carbocycles. The molecule has 0 aromatic rings. The van der Waals surface area contributed by atoms with E-state index >= 15 is 0 Å². The van der Waals surface area contributed by atoms with Crippen molar-refractivity contribution in [1.29, 1.82) is 0 Å². The van der Waals surface area contributed by atoms with Crippen molar-refractivity contribution >= 4 is 11.1 Å². The summed E-state index contributed by atoms with van der Waals surface area (Å²) < 4.78 is 26.1. The fraction of sp³-hybridized carbons (Fsp3) is 1.00. The molecule has 1 fully saturated rings. The van der Waals surface area contributed by atoms with Gasteiger partial charge in [0, 0.05) is 11.9 Å². The molecule has 1 heterocycles.